The van der Waals surface area contributed by atoms with Gasteiger partial charge in [0.1, 0.15) is 0 Å². The Labute approximate surface area is 303 Å². The van der Waals surface area contributed by atoms with Crippen LogP contribution >= 0.6 is 0 Å². The van der Waals surface area contributed by atoms with Crippen molar-refractivity contribution in [3.05, 3.63) is 187 Å². The van der Waals surface area contributed by atoms with Crippen LogP contribution in [-0.2, 0) is 5.41 Å². The quantitative estimate of drug-likeness (QED) is 0.183. The van der Waals surface area contributed by atoms with E-state index in [1.165, 1.54) is 49.7 Å². The van der Waals surface area contributed by atoms with Crippen molar-refractivity contribution >= 4 is 21.8 Å². The fourth-order valence-corrected chi connectivity index (χ4v) is 8.18. The van der Waals surface area contributed by atoms with Crippen LogP contribution in [0.25, 0.3) is 83.6 Å². The van der Waals surface area contributed by atoms with Crippen LogP contribution in [0.3, 0.4) is 0 Å². The summed E-state index contributed by atoms with van der Waals surface area (Å²) in [5, 5.41) is 2.43. The van der Waals surface area contributed by atoms with Gasteiger partial charge in [-0.25, -0.2) is 9.97 Å². The number of nitrogens with zero attached hydrogens (tertiary/aromatic N) is 3. The first-order valence-electron chi connectivity index (χ1n) is 17.9. The molecule has 0 saturated carbocycles. The van der Waals surface area contributed by atoms with Crippen molar-refractivity contribution in [2.45, 2.75) is 19.3 Å². The Kier molecular flexibility index (Phi) is 6.84. The highest BCUT2D eigenvalue weighted by molar-refractivity contribution is 6.11. The van der Waals surface area contributed by atoms with E-state index >= 15 is 0 Å². The van der Waals surface area contributed by atoms with E-state index in [2.05, 4.69) is 170 Å². The van der Waals surface area contributed by atoms with Gasteiger partial charge in [0.2, 0.25) is 0 Å². The van der Waals surface area contributed by atoms with Crippen molar-refractivity contribution in [3.63, 3.8) is 0 Å². The number of fused-ring (bicyclic) bond motifs is 6. The molecule has 3 heteroatoms. The minimum absolute atomic E-state index is 0.0113. The summed E-state index contributed by atoms with van der Waals surface area (Å²) in [7, 11) is 0. The van der Waals surface area contributed by atoms with Gasteiger partial charge < -0.3 is 4.57 Å². The van der Waals surface area contributed by atoms with Crippen LogP contribution in [0.4, 0.5) is 0 Å². The summed E-state index contributed by atoms with van der Waals surface area (Å²) in [5.41, 5.74) is 16.2. The highest BCUT2D eigenvalue weighted by Crippen LogP contribution is 2.49. The lowest BCUT2D eigenvalue weighted by Crippen LogP contribution is -2.14. The molecule has 0 aliphatic heterocycles. The van der Waals surface area contributed by atoms with Crippen LogP contribution in [0, 0.1) is 0 Å². The van der Waals surface area contributed by atoms with Crippen molar-refractivity contribution in [2.75, 3.05) is 0 Å². The molecule has 2 heterocycles. The van der Waals surface area contributed by atoms with E-state index in [9.17, 15) is 0 Å². The Balaban J connectivity index is 1.16. The Morgan fingerprint density at radius 2 is 1.00 bits per heavy atom. The van der Waals surface area contributed by atoms with Crippen LogP contribution in [0.15, 0.2) is 176 Å². The van der Waals surface area contributed by atoms with Gasteiger partial charge in [0.25, 0.3) is 0 Å². The summed E-state index contributed by atoms with van der Waals surface area (Å²) in [5.74, 6) is 0.714. The lowest BCUT2D eigenvalue weighted by molar-refractivity contribution is 0.660. The standard InChI is InChI=1S/C49H35N3/c1-49(2)42-21-13-12-20-38(42)40-28-34(23-26-43(40)49)35-24-27-46-41(29-35)39-25-22-36(30-47(39)52(46)37-18-10-5-11-19-37)45-31-44(32-14-6-3-7-15-32)50-48(51-45)33-16-8-4-9-17-33/h3-31H,1-2H3. The van der Waals surface area contributed by atoms with Gasteiger partial charge in [-0.2, -0.15) is 0 Å². The molecule has 0 saturated heterocycles. The predicted molar refractivity (Wildman–Crippen MR) is 216 cm³/mol. The molecule has 0 bridgehead atoms. The number of hydrogen-bond donors (Lipinski definition) is 0. The molecule has 7 aromatic carbocycles. The third kappa shape index (κ3) is 4.81. The number of para-hydroxylation sites is 1. The summed E-state index contributed by atoms with van der Waals surface area (Å²) in [4.78, 5) is 10.2. The van der Waals surface area contributed by atoms with Crippen LogP contribution < -0.4 is 0 Å². The second-order valence-corrected chi connectivity index (χ2v) is 14.3. The van der Waals surface area contributed by atoms with Gasteiger partial charge in [0.05, 0.1) is 22.4 Å². The number of rotatable bonds is 5. The van der Waals surface area contributed by atoms with Crippen molar-refractivity contribution in [1.29, 1.82) is 0 Å². The maximum absolute atomic E-state index is 5.15. The van der Waals surface area contributed by atoms with Gasteiger partial charge in [-0.3, -0.25) is 0 Å². The molecule has 1 aliphatic carbocycles. The molecule has 9 aromatic rings. The van der Waals surface area contributed by atoms with Gasteiger partial charge in [0.15, 0.2) is 5.82 Å². The number of aromatic nitrogens is 3. The Bertz CT molecular complexity index is 2740. The SMILES string of the molecule is CC1(C)c2ccccc2-c2cc(-c3ccc4c(c3)c3ccc(-c5cc(-c6ccccc6)nc(-c6ccccc6)n5)cc3n4-c3ccccc3)ccc21. The fourth-order valence-electron chi connectivity index (χ4n) is 8.18. The lowest BCUT2D eigenvalue weighted by atomic mass is 9.82. The molecule has 2 aromatic heterocycles. The lowest BCUT2D eigenvalue weighted by Gasteiger charge is -2.21. The highest BCUT2D eigenvalue weighted by atomic mass is 15.0. The molecule has 0 spiro atoms. The average Bonchev–Trinajstić information content (AvgIpc) is 3.66. The summed E-state index contributed by atoms with van der Waals surface area (Å²) in [6.07, 6.45) is 0. The summed E-state index contributed by atoms with van der Waals surface area (Å²) in [6.45, 7) is 4.67. The third-order valence-corrected chi connectivity index (χ3v) is 10.8. The molecule has 0 fully saturated rings. The Morgan fingerprint density at radius 1 is 0.404 bits per heavy atom. The second kappa shape index (κ2) is 11.8. The topological polar surface area (TPSA) is 30.7 Å². The van der Waals surface area contributed by atoms with E-state index < -0.39 is 0 Å². The first-order valence-corrected chi connectivity index (χ1v) is 17.9. The first-order chi connectivity index (χ1) is 25.5. The van der Waals surface area contributed by atoms with Crippen LogP contribution in [0.5, 0.6) is 0 Å². The molecular weight excluding hydrogens is 631 g/mol. The van der Waals surface area contributed by atoms with Crippen molar-refractivity contribution in [3.8, 4) is 61.8 Å². The van der Waals surface area contributed by atoms with Gasteiger partial charge in [-0.1, -0.05) is 147 Å². The predicted octanol–water partition coefficient (Wildman–Crippen LogP) is 12.5. The molecule has 3 nitrogen and oxygen atoms in total. The van der Waals surface area contributed by atoms with E-state index in [0.29, 0.717) is 5.82 Å². The Hall–Kier alpha value is -6.58. The summed E-state index contributed by atoms with van der Waals surface area (Å²) in [6, 6.07) is 63.0. The smallest absolute Gasteiger partial charge is 0.160 e. The molecular formula is C49H35N3. The average molecular weight is 666 g/mol. The van der Waals surface area contributed by atoms with Crippen LogP contribution in [0.2, 0.25) is 0 Å². The van der Waals surface area contributed by atoms with Gasteiger partial charge in [0, 0.05) is 38.6 Å². The molecule has 0 atom stereocenters. The molecule has 246 valence electrons. The molecule has 1 aliphatic rings. The zero-order chi connectivity index (χ0) is 34.8. The maximum Gasteiger partial charge on any atom is 0.160 e. The van der Waals surface area contributed by atoms with E-state index in [1.54, 1.807) is 0 Å². The zero-order valence-corrected chi connectivity index (χ0v) is 29.1. The van der Waals surface area contributed by atoms with E-state index in [0.717, 1.165) is 39.3 Å². The zero-order valence-electron chi connectivity index (χ0n) is 29.1. The minimum atomic E-state index is -0.0113. The van der Waals surface area contributed by atoms with Gasteiger partial charge >= 0.3 is 0 Å². The summed E-state index contributed by atoms with van der Waals surface area (Å²) >= 11 is 0. The molecule has 0 N–H and O–H groups in total. The van der Waals surface area contributed by atoms with E-state index in [-0.39, 0.29) is 5.41 Å². The summed E-state index contributed by atoms with van der Waals surface area (Å²) < 4.78 is 2.39. The number of hydrogen-bond acceptors (Lipinski definition) is 2. The van der Waals surface area contributed by atoms with Gasteiger partial charge in [-0.15, -0.1) is 0 Å². The Morgan fingerprint density at radius 3 is 1.77 bits per heavy atom. The first kappa shape index (κ1) is 30.3. The molecule has 0 radical (unpaired) electrons. The van der Waals surface area contributed by atoms with E-state index in [4.69, 9.17) is 9.97 Å². The maximum atomic E-state index is 5.15. The molecule has 52 heavy (non-hydrogen) atoms. The van der Waals surface area contributed by atoms with Crippen LogP contribution in [0.1, 0.15) is 25.0 Å². The molecule has 0 unspecified atom stereocenters. The molecule has 0 amide bonds. The van der Waals surface area contributed by atoms with Crippen molar-refractivity contribution in [2.24, 2.45) is 0 Å². The minimum Gasteiger partial charge on any atom is -0.309 e. The second-order valence-electron chi connectivity index (χ2n) is 14.3. The van der Waals surface area contributed by atoms with Crippen molar-refractivity contribution in [1.82, 2.24) is 14.5 Å². The van der Waals surface area contributed by atoms with E-state index in [1.807, 2.05) is 24.3 Å². The molecule has 10 rings (SSSR count). The van der Waals surface area contributed by atoms with Gasteiger partial charge in [-0.05, 0) is 75.8 Å². The van der Waals surface area contributed by atoms with Crippen LogP contribution in [-0.4, -0.2) is 14.5 Å². The largest absolute Gasteiger partial charge is 0.309 e. The monoisotopic (exact) mass is 665 g/mol. The normalized spacial score (nSPS) is 13.0. The fraction of sp³-hybridized carbons (Fsp3) is 0.0612. The highest BCUT2D eigenvalue weighted by Gasteiger charge is 2.35. The number of benzene rings is 7. The van der Waals surface area contributed by atoms with Crippen molar-refractivity contribution < 1.29 is 0 Å². The third-order valence-electron chi connectivity index (χ3n) is 10.8.